The molecule has 0 radical (unpaired) electrons. The summed E-state index contributed by atoms with van der Waals surface area (Å²) in [5.74, 6) is 1.40. The Hall–Kier alpha value is -1.55. The molecule has 0 atom stereocenters. The van der Waals surface area contributed by atoms with Gasteiger partial charge in [-0.15, -0.1) is 11.8 Å². The van der Waals surface area contributed by atoms with Crippen LogP contribution in [0.4, 0.5) is 0 Å². The topological polar surface area (TPSA) is 45.8 Å². The first-order valence-electron chi connectivity index (χ1n) is 4.99. The van der Waals surface area contributed by atoms with E-state index < -0.39 is 0 Å². The van der Waals surface area contributed by atoms with Crippen LogP contribution in [0.25, 0.3) is 0 Å². The standard InChI is InChI=1S/C12H12N2OS/c1-9-7-12(15)14-11(13-9)8-16-10-5-3-2-4-6-10/h2-7H,8H2,1H3,(H,13,14,15). The molecule has 0 fully saturated rings. The first kappa shape index (κ1) is 11.0. The molecule has 4 heteroatoms. The number of aromatic amines is 1. The van der Waals surface area contributed by atoms with Crippen LogP contribution < -0.4 is 5.56 Å². The first-order valence-corrected chi connectivity index (χ1v) is 5.97. The van der Waals surface area contributed by atoms with Crippen LogP contribution in [0.3, 0.4) is 0 Å². The Morgan fingerprint density at radius 3 is 2.75 bits per heavy atom. The van der Waals surface area contributed by atoms with Crippen LogP contribution in [-0.2, 0) is 5.75 Å². The fourth-order valence-electron chi connectivity index (χ4n) is 1.38. The lowest BCUT2D eigenvalue weighted by atomic mass is 10.4. The zero-order chi connectivity index (χ0) is 11.4. The lowest BCUT2D eigenvalue weighted by Gasteiger charge is -2.01. The molecule has 0 saturated heterocycles. The van der Waals surface area contributed by atoms with Crippen molar-refractivity contribution in [2.24, 2.45) is 0 Å². The van der Waals surface area contributed by atoms with Crippen LogP contribution in [0.5, 0.6) is 0 Å². The van der Waals surface area contributed by atoms with Crippen molar-refractivity contribution in [2.45, 2.75) is 17.6 Å². The van der Waals surface area contributed by atoms with Gasteiger partial charge in [-0.1, -0.05) is 18.2 Å². The maximum absolute atomic E-state index is 11.2. The van der Waals surface area contributed by atoms with E-state index in [9.17, 15) is 4.79 Å². The Bertz CT molecular complexity index is 522. The highest BCUT2D eigenvalue weighted by molar-refractivity contribution is 7.98. The SMILES string of the molecule is Cc1cc(=O)[nH]c(CSc2ccccc2)n1. The second-order valence-electron chi connectivity index (χ2n) is 3.44. The molecule has 0 bridgehead atoms. The largest absolute Gasteiger partial charge is 0.310 e. The number of hydrogen-bond donors (Lipinski definition) is 1. The third-order valence-electron chi connectivity index (χ3n) is 2.04. The summed E-state index contributed by atoms with van der Waals surface area (Å²) in [6.45, 7) is 1.83. The number of thioether (sulfide) groups is 1. The number of benzene rings is 1. The van der Waals surface area contributed by atoms with E-state index in [0.717, 1.165) is 11.5 Å². The molecule has 3 nitrogen and oxygen atoms in total. The minimum Gasteiger partial charge on any atom is -0.310 e. The molecule has 2 aromatic rings. The van der Waals surface area contributed by atoms with E-state index in [1.807, 2.05) is 37.3 Å². The highest BCUT2D eigenvalue weighted by atomic mass is 32.2. The summed E-state index contributed by atoms with van der Waals surface area (Å²) in [7, 11) is 0. The second kappa shape index (κ2) is 4.99. The molecular weight excluding hydrogens is 220 g/mol. The quantitative estimate of drug-likeness (QED) is 0.826. The number of rotatable bonds is 3. The van der Waals surface area contributed by atoms with Crippen LogP contribution in [0.15, 0.2) is 46.1 Å². The molecule has 82 valence electrons. The van der Waals surface area contributed by atoms with Crippen LogP contribution in [0.2, 0.25) is 0 Å². The summed E-state index contributed by atoms with van der Waals surface area (Å²) in [4.78, 5) is 19.4. The normalized spacial score (nSPS) is 10.3. The number of hydrogen-bond acceptors (Lipinski definition) is 3. The van der Waals surface area contributed by atoms with Crippen molar-refractivity contribution in [3.05, 3.63) is 58.3 Å². The molecule has 0 aliphatic carbocycles. The van der Waals surface area contributed by atoms with Crippen molar-refractivity contribution in [3.8, 4) is 0 Å². The number of aromatic nitrogens is 2. The van der Waals surface area contributed by atoms with Gasteiger partial charge in [-0.2, -0.15) is 0 Å². The van der Waals surface area contributed by atoms with Crippen LogP contribution in [0, 0.1) is 6.92 Å². The monoisotopic (exact) mass is 232 g/mol. The zero-order valence-electron chi connectivity index (χ0n) is 8.93. The fourth-order valence-corrected chi connectivity index (χ4v) is 2.17. The molecule has 16 heavy (non-hydrogen) atoms. The Balaban J connectivity index is 2.08. The molecule has 0 saturated carbocycles. The summed E-state index contributed by atoms with van der Waals surface area (Å²) in [6.07, 6.45) is 0. The molecule has 1 N–H and O–H groups in total. The third-order valence-corrected chi connectivity index (χ3v) is 3.06. The van der Waals surface area contributed by atoms with Crippen molar-refractivity contribution in [1.29, 1.82) is 0 Å². The molecule has 0 unspecified atom stereocenters. The van der Waals surface area contributed by atoms with Crippen LogP contribution in [-0.4, -0.2) is 9.97 Å². The van der Waals surface area contributed by atoms with E-state index in [1.54, 1.807) is 11.8 Å². The molecule has 2 rings (SSSR count). The Labute approximate surface area is 97.9 Å². The predicted molar refractivity (Wildman–Crippen MR) is 65.6 cm³/mol. The number of aryl methyl sites for hydroxylation is 1. The molecule has 0 aliphatic heterocycles. The lowest BCUT2D eigenvalue weighted by molar-refractivity contribution is 0.968. The van der Waals surface area contributed by atoms with Crippen LogP contribution in [0.1, 0.15) is 11.5 Å². The number of H-pyrrole nitrogens is 1. The van der Waals surface area contributed by atoms with Gasteiger partial charge in [-0.3, -0.25) is 4.79 Å². The maximum Gasteiger partial charge on any atom is 0.251 e. The molecule has 0 spiro atoms. The van der Waals surface area contributed by atoms with Crippen molar-refractivity contribution in [3.63, 3.8) is 0 Å². The second-order valence-corrected chi connectivity index (χ2v) is 4.48. The van der Waals surface area contributed by atoms with E-state index in [4.69, 9.17) is 0 Å². The van der Waals surface area contributed by atoms with Gasteiger partial charge in [0.05, 0.1) is 5.75 Å². The van der Waals surface area contributed by atoms with Gasteiger partial charge in [0.25, 0.3) is 5.56 Å². The minimum absolute atomic E-state index is 0.0869. The molecule has 0 aliphatic rings. The van der Waals surface area contributed by atoms with Gasteiger partial charge < -0.3 is 4.98 Å². The van der Waals surface area contributed by atoms with E-state index in [2.05, 4.69) is 9.97 Å². The summed E-state index contributed by atoms with van der Waals surface area (Å²) in [5, 5.41) is 0. The minimum atomic E-state index is -0.0869. The number of nitrogens with zero attached hydrogens (tertiary/aromatic N) is 1. The zero-order valence-corrected chi connectivity index (χ0v) is 9.75. The summed E-state index contributed by atoms with van der Waals surface area (Å²) in [5.41, 5.74) is 0.670. The van der Waals surface area contributed by atoms with E-state index in [-0.39, 0.29) is 5.56 Å². The Morgan fingerprint density at radius 2 is 2.06 bits per heavy atom. The summed E-state index contributed by atoms with van der Waals surface area (Å²) >= 11 is 1.66. The first-order chi connectivity index (χ1) is 7.74. The van der Waals surface area contributed by atoms with Gasteiger partial charge in [0.1, 0.15) is 5.82 Å². The van der Waals surface area contributed by atoms with Crippen molar-refractivity contribution >= 4 is 11.8 Å². The average molecular weight is 232 g/mol. The highest BCUT2D eigenvalue weighted by Crippen LogP contribution is 2.19. The highest BCUT2D eigenvalue weighted by Gasteiger charge is 1.99. The third kappa shape index (κ3) is 2.97. The summed E-state index contributed by atoms with van der Waals surface area (Å²) in [6, 6.07) is 11.5. The molecule has 1 aromatic heterocycles. The van der Waals surface area contributed by atoms with E-state index in [1.165, 1.54) is 11.0 Å². The lowest BCUT2D eigenvalue weighted by Crippen LogP contribution is -2.10. The van der Waals surface area contributed by atoms with Crippen molar-refractivity contribution < 1.29 is 0 Å². The Morgan fingerprint density at radius 1 is 1.31 bits per heavy atom. The van der Waals surface area contributed by atoms with Gasteiger partial charge in [-0.25, -0.2) is 4.98 Å². The van der Waals surface area contributed by atoms with E-state index in [0.29, 0.717) is 5.75 Å². The Kier molecular flexibility index (Phi) is 3.41. The molecular formula is C12H12N2OS. The molecule has 1 heterocycles. The van der Waals surface area contributed by atoms with Crippen LogP contribution >= 0.6 is 11.8 Å². The van der Waals surface area contributed by atoms with Crippen molar-refractivity contribution in [2.75, 3.05) is 0 Å². The van der Waals surface area contributed by atoms with Gasteiger partial charge in [0, 0.05) is 16.7 Å². The fraction of sp³-hybridized carbons (Fsp3) is 0.167. The van der Waals surface area contributed by atoms with Gasteiger partial charge in [0.2, 0.25) is 0 Å². The summed E-state index contributed by atoms with van der Waals surface area (Å²) < 4.78 is 0. The molecule has 1 aromatic carbocycles. The van der Waals surface area contributed by atoms with Crippen molar-refractivity contribution in [1.82, 2.24) is 9.97 Å². The van der Waals surface area contributed by atoms with E-state index >= 15 is 0 Å². The predicted octanol–water partition coefficient (Wildman–Crippen LogP) is 2.37. The van der Waals surface area contributed by atoms with Gasteiger partial charge >= 0.3 is 0 Å². The smallest absolute Gasteiger partial charge is 0.251 e. The molecule has 0 amide bonds. The average Bonchev–Trinajstić information content (AvgIpc) is 2.27. The van der Waals surface area contributed by atoms with Gasteiger partial charge in [-0.05, 0) is 19.1 Å². The number of nitrogens with one attached hydrogen (secondary N) is 1. The van der Waals surface area contributed by atoms with Gasteiger partial charge in [0.15, 0.2) is 0 Å². The maximum atomic E-state index is 11.2.